The zero-order chi connectivity index (χ0) is 13.1. The van der Waals surface area contributed by atoms with Gasteiger partial charge < -0.3 is 10.2 Å². The fourth-order valence-electron chi connectivity index (χ4n) is 2.03. The average molecular weight is 249 g/mol. The third kappa shape index (κ3) is 2.65. The summed E-state index contributed by atoms with van der Waals surface area (Å²) in [6.07, 6.45) is 0.782. The lowest BCUT2D eigenvalue weighted by molar-refractivity contribution is -0.384. The Kier molecular flexibility index (Phi) is 3.57. The number of likely N-dealkylation sites (tertiary alicyclic amines) is 1. The van der Waals surface area contributed by atoms with E-state index in [1.165, 1.54) is 12.1 Å². The number of non-ortho nitro benzene ring substituents is 1. The number of rotatable bonds is 4. The van der Waals surface area contributed by atoms with Gasteiger partial charge in [-0.05, 0) is 12.0 Å². The molecule has 0 radical (unpaired) electrons. The fourth-order valence-corrected chi connectivity index (χ4v) is 2.03. The molecule has 18 heavy (non-hydrogen) atoms. The molecule has 1 atom stereocenters. The van der Waals surface area contributed by atoms with E-state index in [1.807, 2.05) is 6.07 Å². The quantitative estimate of drug-likeness (QED) is 0.636. The molecule has 0 aliphatic carbocycles. The molecule has 1 aromatic carbocycles. The van der Waals surface area contributed by atoms with Gasteiger partial charge in [-0.25, -0.2) is 0 Å². The Morgan fingerprint density at radius 2 is 2.33 bits per heavy atom. The van der Waals surface area contributed by atoms with Gasteiger partial charge in [0.25, 0.3) is 5.69 Å². The van der Waals surface area contributed by atoms with Crippen molar-refractivity contribution < 1.29 is 9.72 Å². The topological polar surface area (TPSA) is 75.5 Å². The molecule has 6 nitrogen and oxygen atoms in total. The lowest BCUT2D eigenvalue weighted by Gasteiger charge is -2.12. The maximum atomic E-state index is 11.7. The van der Waals surface area contributed by atoms with E-state index in [4.69, 9.17) is 0 Å². The first kappa shape index (κ1) is 12.5. The van der Waals surface area contributed by atoms with Gasteiger partial charge in [0, 0.05) is 32.3 Å². The normalized spacial score (nSPS) is 19.3. The number of nitro benzene ring substituents is 1. The molecule has 1 aliphatic heterocycles. The Bertz CT molecular complexity index is 475. The van der Waals surface area contributed by atoms with Crippen LogP contribution in [0.2, 0.25) is 0 Å². The van der Waals surface area contributed by atoms with E-state index < -0.39 is 4.92 Å². The molecule has 0 spiro atoms. The Hall–Kier alpha value is -1.95. The van der Waals surface area contributed by atoms with Crippen LogP contribution in [-0.4, -0.2) is 35.4 Å². The molecule has 0 saturated carbocycles. The third-order valence-electron chi connectivity index (χ3n) is 3.10. The number of nitro groups is 1. The second kappa shape index (κ2) is 5.14. The molecular weight excluding hydrogens is 234 g/mol. The Labute approximate surface area is 105 Å². The van der Waals surface area contributed by atoms with Crippen molar-refractivity contribution in [2.24, 2.45) is 0 Å². The number of nitrogens with one attached hydrogen (secondary N) is 1. The minimum absolute atomic E-state index is 0.0733. The molecule has 1 N–H and O–H groups in total. The third-order valence-corrected chi connectivity index (χ3v) is 3.10. The summed E-state index contributed by atoms with van der Waals surface area (Å²) in [5.74, 6) is 0.0837. The second-order valence-electron chi connectivity index (χ2n) is 4.41. The summed E-state index contributed by atoms with van der Waals surface area (Å²) in [5, 5.41) is 13.8. The van der Waals surface area contributed by atoms with Gasteiger partial charge in [-0.2, -0.15) is 0 Å². The van der Waals surface area contributed by atoms with Crippen molar-refractivity contribution in [3.05, 3.63) is 39.9 Å². The van der Waals surface area contributed by atoms with E-state index >= 15 is 0 Å². The maximum absolute atomic E-state index is 11.7. The second-order valence-corrected chi connectivity index (χ2v) is 4.41. The van der Waals surface area contributed by atoms with Crippen molar-refractivity contribution in [1.82, 2.24) is 10.2 Å². The number of hydrogen-bond donors (Lipinski definition) is 1. The standard InChI is InChI=1S/C12H15N3O3/c1-14-6-5-11(12(14)16)13-8-9-3-2-4-10(7-9)15(17)18/h2-4,7,11,13H,5-6,8H2,1H3. The van der Waals surface area contributed by atoms with Crippen LogP contribution in [-0.2, 0) is 11.3 Å². The Morgan fingerprint density at radius 1 is 1.56 bits per heavy atom. The minimum atomic E-state index is -0.419. The van der Waals surface area contributed by atoms with Crippen molar-refractivity contribution in [2.75, 3.05) is 13.6 Å². The highest BCUT2D eigenvalue weighted by molar-refractivity contribution is 5.83. The predicted molar refractivity (Wildman–Crippen MR) is 66.0 cm³/mol. The first-order valence-corrected chi connectivity index (χ1v) is 5.79. The van der Waals surface area contributed by atoms with Crippen LogP contribution in [0.25, 0.3) is 0 Å². The van der Waals surface area contributed by atoms with Gasteiger partial charge >= 0.3 is 0 Å². The molecule has 1 heterocycles. The monoisotopic (exact) mass is 249 g/mol. The molecule has 96 valence electrons. The van der Waals surface area contributed by atoms with Crippen molar-refractivity contribution >= 4 is 11.6 Å². The van der Waals surface area contributed by atoms with Gasteiger partial charge in [0.05, 0.1) is 11.0 Å². The van der Waals surface area contributed by atoms with E-state index in [0.29, 0.717) is 6.54 Å². The molecule has 1 saturated heterocycles. The highest BCUT2D eigenvalue weighted by atomic mass is 16.6. The molecule has 1 unspecified atom stereocenters. The van der Waals surface area contributed by atoms with Crippen LogP contribution in [0.15, 0.2) is 24.3 Å². The first-order chi connectivity index (χ1) is 8.58. The largest absolute Gasteiger partial charge is 0.344 e. The summed E-state index contributed by atoms with van der Waals surface area (Å²) in [6, 6.07) is 6.27. The van der Waals surface area contributed by atoms with E-state index in [0.717, 1.165) is 18.5 Å². The van der Waals surface area contributed by atoms with Gasteiger partial charge in [0.2, 0.25) is 5.91 Å². The number of nitrogens with zero attached hydrogens (tertiary/aromatic N) is 2. The maximum Gasteiger partial charge on any atom is 0.269 e. The van der Waals surface area contributed by atoms with Crippen LogP contribution in [0.4, 0.5) is 5.69 Å². The van der Waals surface area contributed by atoms with Crippen molar-refractivity contribution in [3.8, 4) is 0 Å². The van der Waals surface area contributed by atoms with Crippen LogP contribution in [0.5, 0.6) is 0 Å². The molecule has 1 aliphatic rings. The van der Waals surface area contributed by atoms with Crippen molar-refractivity contribution in [3.63, 3.8) is 0 Å². The minimum Gasteiger partial charge on any atom is -0.344 e. The summed E-state index contributed by atoms with van der Waals surface area (Å²) in [4.78, 5) is 23.6. The lowest BCUT2D eigenvalue weighted by Crippen LogP contribution is -2.36. The van der Waals surface area contributed by atoms with Crippen LogP contribution in [0.3, 0.4) is 0 Å². The summed E-state index contributed by atoms with van der Waals surface area (Å²) >= 11 is 0. The van der Waals surface area contributed by atoms with Crippen LogP contribution >= 0.6 is 0 Å². The zero-order valence-corrected chi connectivity index (χ0v) is 10.1. The first-order valence-electron chi connectivity index (χ1n) is 5.79. The molecule has 1 fully saturated rings. The molecule has 0 bridgehead atoms. The van der Waals surface area contributed by atoms with Crippen LogP contribution in [0.1, 0.15) is 12.0 Å². The van der Waals surface area contributed by atoms with Crippen molar-refractivity contribution in [1.29, 1.82) is 0 Å². The summed E-state index contributed by atoms with van der Waals surface area (Å²) in [6.45, 7) is 1.22. The number of carbonyl (C=O) groups excluding carboxylic acids is 1. The summed E-state index contributed by atoms with van der Waals surface area (Å²) < 4.78 is 0. The molecule has 1 aromatic rings. The van der Waals surface area contributed by atoms with Crippen LogP contribution in [0, 0.1) is 10.1 Å². The van der Waals surface area contributed by atoms with Gasteiger partial charge in [-0.3, -0.25) is 14.9 Å². The number of benzene rings is 1. The van der Waals surface area contributed by atoms with Gasteiger partial charge in [0.15, 0.2) is 0 Å². The predicted octanol–water partition coefficient (Wildman–Crippen LogP) is 0.915. The number of likely N-dealkylation sites (N-methyl/N-ethyl adjacent to an activating group) is 1. The highest BCUT2D eigenvalue weighted by Gasteiger charge is 2.28. The molecular formula is C12H15N3O3. The van der Waals surface area contributed by atoms with E-state index in [9.17, 15) is 14.9 Å². The molecule has 2 rings (SSSR count). The smallest absolute Gasteiger partial charge is 0.269 e. The number of amides is 1. The highest BCUT2D eigenvalue weighted by Crippen LogP contribution is 2.14. The summed E-state index contributed by atoms with van der Waals surface area (Å²) in [5.41, 5.74) is 0.885. The van der Waals surface area contributed by atoms with Gasteiger partial charge in [0.1, 0.15) is 0 Å². The number of hydrogen-bond acceptors (Lipinski definition) is 4. The van der Waals surface area contributed by atoms with Crippen LogP contribution < -0.4 is 5.32 Å². The Morgan fingerprint density at radius 3 is 2.94 bits per heavy atom. The molecule has 1 amide bonds. The number of carbonyl (C=O) groups is 1. The fraction of sp³-hybridized carbons (Fsp3) is 0.417. The van der Waals surface area contributed by atoms with E-state index in [2.05, 4.69) is 5.32 Å². The Balaban J connectivity index is 1.96. The summed E-state index contributed by atoms with van der Waals surface area (Å²) in [7, 11) is 1.78. The average Bonchev–Trinajstić information content (AvgIpc) is 2.68. The lowest BCUT2D eigenvalue weighted by atomic mass is 10.2. The molecule has 6 heteroatoms. The SMILES string of the molecule is CN1CCC(NCc2cccc([N+](=O)[O-])c2)C1=O. The zero-order valence-electron chi connectivity index (χ0n) is 10.1. The van der Waals surface area contributed by atoms with Gasteiger partial charge in [-0.1, -0.05) is 12.1 Å². The van der Waals surface area contributed by atoms with Crippen molar-refractivity contribution in [2.45, 2.75) is 19.0 Å². The molecule has 0 aromatic heterocycles. The van der Waals surface area contributed by atoms with E-state index in [-0.39, 0.29) is 17.6 Å². The van der Waals surface area contributed by atoms with E-state index in [1.54, 1.807) is 18.0 Å². The van der Waals surface area contributed by atoms with Gasteiger partial charge in [-0.15, -0.1) is 0 Å².